The molecule has 0 amide bonds. The lowest BCUT2D eigenvalue weighted by molar-refractivity contribution is -0.131. The average molecular weight is 250 g/mol. The van der Waals surface area contributed by atoms with Crippen molar-refractivity contribution in [1.82, 2.24) is 0 Å². The average Bonchev–Trinajstić information content (AvgIpc) is 2.33. The van der Waals surface area contributed by atoms with Crippen molar-refractivity contribution in [3.05, 3.63) is 35.9 Å². The van der Waals surface area contributed by atoms with E-state index in [0.717, 1.165) is 17.4 Å². The molecular weight excluding hydrogens is 232 g/mol. The lowest BCUT2D eigenvalue weighted by Crippen LogP contribution is -2.11. The second-order valence-electron chi connectivity index (χ2n) is 4.01. The normalized spacial score (nSPS) is 11.1. The maximum Gasteiger partial charge on any atom is 0.328 e. The Bertz CT molecular complexity index is 393. The molecule has 0 heterocycles. The van der Waals surface area contributed by atoms with Gasteiger partial charge >= 0.3 is 5.97 Å². The highest BCUT2D eigenvalue weighted by atomic mass is 16.5. The van der Waals surface area contributed by atoms with E-state index in [1.165, 1.54) is 6.08 Å². The standard InChI is InChI=1S/C14H18O4/c1-11(2)17-9-10-18-13-6-3-12(4-7-13)5-8-14(15)16/h3-8,11H,9-10H2,1-2H3,(H,15,16)/b8-5+. The Morgan fingerprint density at radius 2 is 1.94 bits per heavy atom. The van der Waals surface area contributed by atoms with Gasteiger partial charge in [-0.25, -0.2) is 4.79 Å². The highest BCUT2D eigenvalue weighted by molar-refractivity contribution is 5.85. The van der Waals surface area contributed by atoms with Gasteiger partial charge in [-0.2, -0.15) is 0 Å². The van der Waals surface area contributed by atoms with E-state index < -0.39 is 5.97 Å². The van der Waals surface area contributed by atoms with Gasteiger partial charge in [0.2, 0.25) is 0 Å². The molecule has 0 atom stereocenters. The minimum atomic E-state index is -0.957. The number of hydrogen-bond donors (Lipinski definition) is 1. The Labute approximate surface area is 107 Å². The summed E-state index contributed by atoms with van der Waals surface area (Å²) in [5, 5.41) is 8.49. The van der Waals surface area contributed by atoms with Crippen molar-refractivity contribution in [2.24, 2.45) is 0 Å². The Morgan fingerprint density at radius 3 is 2.50 bits per heavy atom. The first kappa shape index (κ1) is 14.3. The molecule has 0 bridgehead atoms. The molecule has 0 saturated heterocycles. The van der Waals surface area contributed by atoms with Crippen molar-refractivity contribution in [1.29, 1.82) is 0 Å². The van der Waals surface area contributed by atoms with E-state index in [-0.39, 0.29) is 6.10 Å². The summed E-state index contributed by atoms with van der Waals surface area (Å²) in [5.41, 5.74) is 0.822. The monoisotopic (exact) mass is 250 g/mol. The molecule has 0 aromatic heterocycles. The maximum atomic E-state index is 10.3. The summed E-state index contributed by atoms with van der Waals surface area (Å²) in [4.78, 5) is 10.3. The quantitative estimate of drug-likeness (QED) is 0.597. The SMILES string of the molecule is CC(C)OCCOc1ccc(/C=C/C(=O)O)cc1. The lowest BCUT2D eigenvalue weighted by Gasteiger charge is -2.09. The molecule has 1 rings (SSSR count). The molecule has 0 unspecified atom stereocenters. The zero-order chi connectivity index (χ0) is 13.4. The molecule has 1 aromatic rings. The molecular formula is C14H18O4. The highest BCUT2D eigenvalue weighted by Crippen LogP contribution is 2.13. The van der Waals surface area contributed by atoms with Crippen LogP contribution in [0.25, 0.3) is 6.08 Å². The van der Waals surface area contributed by atoms with Crippen LogP contribution >= 0.6 is 0 Å². The molecule has 4 heteroatoms. The third kappa shape index (κ3) is 6.06. The highest BCUT2D eigenvalue weighted by Gasteiger charge is 1.96. The van der Waals surface area contributed by atoms with Gasteiger partial charge in [0.25, 0.3) is 0 Å². The van der Waals surface area contributed by atoms with Gasteiger partial charge in [-0.3, -0.25) is 0 Å². The van der Waals surface area contributed by atoms with Gasteiger partial charge in [-0.05, 0) is 37.6 Å². The van der Waals surface area contributed by atoms with Crippen LogP contribution < -0.4 is 4.74 Å². The molecule has 0 aliphatic carbocycles. The molecule has 98 valence electrons. The van der Waals surface area contributed by atoms with E-state index in [1.807, 2.05) is 13.8 Å². The van der Waals surface area contributed by atoms with Crippen molar-refractivity contribution in [2.45, 2.75) is 20.0 Å². The van der Waals surface area contributed by atoms with E-state index in [0.29, 0.717) is 13.2 Å². The number of hydrogen-bond acceptors (Lipinski definition) is 3. The predicted molar refractivity (Wildman–Crippen MR) is 69.7 cm³/mol. The third-order valence-electron chi connectivity index (χ3n) is 2.10. The van der Waals surface area contributed by atoms with Crippen LogP contribution in [0.15, 0.2) is 30.3 Å². The van der Waals surface area contributed by atoms with Crippen molar-refractivity contribution in [2.75, 3.05) is 13.2 Å². The molecule has 1 N–H and O–H groups in total. The summed E-state index contributed by atoms with van der Waals surface area (Å²) in [6.07, 6.45) is 2.84. The molecule has 18 heavy (non-hydrogen) atoms. The van der Waals surface area contributed by atoms with Gasteiger partial charge in [-0.1, -0.05) is 12.1 Å². The van der Waals surface area contributed by atoms with Gasteiger partial charge in [0.1, 0.15) is 12.4 Å². The molecule has 0 saturated carbocycles. The van der Waals surface area contributed by atoms with Crippen LogP contribution in [0, 0.1) is 0 Å². The van der Waals surface area contributed by atoms with Crippen LogP contribution in [-0.4, -0.2) is 30.4 Å². The molecule has 0 aliphatic heterocycles. The summed E-state index contributed by atoms with van der Waals surface area (Å²) in [7, 11) is 0. The number of carboxylic acid groups (broad SMARTS) is 1. The Morgan fingerprint density at radius 1 is 1.28 bits per heavy atom. The number of carbonyl (C=O) groups is 1. The Balaban J connectivity index is 2.38. The Kier molecular flexibility index (Phi) is 5.94. The van der Waals surface area contributed by atoms with Crippen LogP contribution in [0.2, 0.25) is 0 Å². The number of ether oxygens (including phenoxy) is 2. The van der Waals surface area contributed by atoms with Gasteiger partial charge in [0, 0.05) is 6.08 Å². The van der Waals surface area contributed by atoms with Crippen LogP contribution in [-0.2, 0) is 9.53 Å². The maximum absolute atomic E-state index is 10.3. The topological polar surface area (TPSA) is 55.8 Å². The van der Waals surface area contributed by atoms with Crippen molar-refractivity contribution >= 4 is 12.0 Å². The van der Waals surface area contributed by atoms with Gasteiger partial charge in [0.05, 0.1) is 12.7 Å². The molecule has 0 radical (unpaired) electrons. The third-order valence-corrected chi connectivity index (χ3v) is 2.10. The van der Waals surface area contributed by atoms with Crippen LogP contribution in [0.4, 0.5) is 0 Å². The Hall–Kier alpha value is -1.81. The van der Waals surface area contributed by atoms with E-state index in [2.05, 4.69) is 0 Å². The van der Waals surface area contributed by atoms with Crippen LogP contribution in [0.1, 0.15) is 19.4 Å². The second kappa shape index (κ2) is 7.50. The fraction of sp³-hybridized carbons (Fsp3) is 0.357. The van der Waals surface area contributed by atoms with Crippen molar-refractivity contribution in [3.63, 3.8) is 0 Å². The second-order valence-corrected chi connectivity index (χ2v) is 4.01. The predicted octanol–water partition coefficient (Wildman–Crippen LogP) is 2.59. The summed E-state index contributed by atoms with van der Waals surface area (Å²) in [6.45, 7) is 5.01. The van der Waals surface area contributed by atoms with Crippen molar-refractivity contribution < 1.29 is 19.4 Å². The summed E-state index contributed by atoms with van der Waals surface area (Å²) in [6, 6.07) is 7.21. The fourth-order valence-corrected chi connectivity index (χ4v) is 1.29. The van der Waals surface area contributed by atoms with E-state index in [4.69, 9.17) is 14.6 Å². The fourth-order valence-electron chi connectivity index (χ4n) is 1.29. The van der Waals surface area contributed by atoms with Crippen molar-refractivity contribution in [3.8, 4) is 5.75 Å². The summed E-state index contributed by atoms with van der Waals surface area (Å²) >= 11 is 0. The van der Waals surface area contributed by atoms with E-state index >= 15 is 0 Å². The summed E-state index contributed by atoms with van der Waals surface area (Å²) in [5.74, 6) is -0.212. The summed E-state index contributed by atoms with van der Waals surface area (Å²) < 4.78 is 10.8. The first-order valence-corrected chi connectivity index (χ1v) is 5.83. The van der Waals surface area contributed by atoms with Gasteiger partial charge < -0.3 is 14.6 Å². The molecule has 0 spiro atoms. The zero-order valence-electron chi connectivity index (χ0n) is 10.6. The first-order chi connectivity index (χ1) is 8.58. The zero-order valence-corrected chi connectivity index (χ0v) is 10.6. The molecule has 1 aromatic carbocycles. The lowest BCUT2D eigenvalue weighted by atomic mass is 10.2. The first-order valence-electron chi connectivity index (χ1n) is 5.83. The minimum Gasteiger partial charge on any atom is -0.491 e. The molecule has 4 nitrogen and oxygen atoms in total. The number of aliphatic carboxylic acids is 1. The smallest absolute Gasteiger partial charge is 0.328 e. The number of benzene rings is 1. The van der Waals surface area contributed by atoms with Crippen LogP contribution in [0.5, 0.6) is 5.75 Å². The molecule has 0 fully saturated rings. The largest absolute Gasteiger partial charge is 0.491 e. The molecule has 0 aliphatic rings. The minimum absolute atomic E-state index is 0.206. The van der Waals surface area contributed by atoms with E-state index in [9.17, 15) is 4.79 Å². The van der Waals surface area contributed by atoms with E-state index in [1.54, 1.807) is 24.3 Å². The van der Waals surface area contributed by atoms with Gasteiger partial charge in [-0.15, -0.1) is 0 Å². The van der Waals surface area contributed by atoms with Crippen LogP contribution in [0.3, 0.4) is 0 Å². The van der Waals surface area contributed by atoms with Gasteiger partial charge in [0.15, 0.2) is 0 Å². The number of rotatable bonds is 7. The number of carboxylic acids is 1.